The molecule has 0 radical (unpaired) electrons. The molecule has 1 saturated carbocycles. The van der Waals surface area contributed by atoms with Crippen molar-refractivity contribution in [3.05, 3.63) is 34.6 Å². The molecule has 1 aliphatic carbocycles. The number of halogens is 2. The SMILES string of the molecule is CCN=C(NC1CCN(C(=O)OCC)CC1)NC1CC1c1c(F)cccc1Cl. The van der Waals surface area contributed by atoms with Crippen LogP contribution in [0.4, 0.5) is 9.18 Å². The fourth-order valence-corrected chi connectivity index (χ4v) is 3.92. The third kappa shape index (κ3) is 5.07. The lowest BCUT2D eigenvalue weighted by Crippen LogP contribution is -2.50. The summed E-state index contributed by atoms with van der Waals surface area (Å²) < 4.78 is 19.2. The maximum atomic E-state index is 14.1. The average molecular weight is 411 g/mol. The summed E-state index contributed by atoms with van der Waals surface area (Å²) in [5.41, 5.74) is 0.584. The molecule has 0 spiro atoms. The molecular formula is C20H28ClFN4O2. The van der Waals surface area contributed by atoms with Crippen molar-refractivity contribution in [1.82, 2.24) is 15.5 Å². The van der Waals surface area contributed by atoms with E-state index < -0.39 is 0 Å². The van der Waals surface area contributed by atoms with Crippen LogP contribution in [0.25, 0.3) is 0 Å². The lowest BCUT2D eigenvalue weighted by Gasteiger charge is -2.32. The molecule has 2 aliphatic rings. The van der Waals surface area contributed by atoms with E-state index in [2.05, 4.69) is 15.6 Å². The number of hydrogen-bond acceptors (Lipinski definition) is 3. The minimum Gasteiger partial charge on any atom is -0.450 e. The van der Waals surface area contributed by atoms with Gasteiger partial charge >= 0.3 is 6.09 Å². The Bertz CT molecular complexity index is 702. The number of amides is 1. The first kappa shape index (κ1) is 20.7. The molecule has 1 saturated heterocycles. The van der Waals surface area contributed by atoms with E-state index in [0.717, 1.165) is 25.2 Å². The number of carbonyl (C=O) groups is 1. The van der Waals surface area contributed by atoms with Crippen molar-refractivity contribution >= 4 is 23.7 Å². The summed E-state index contributed by atoms with van der Waals surface area (Å²) in [6, 6.07) is 5.16. The predicted octanol–water partition coefficient (Wildman–Crippen LogP) is 3.51. The fraction of sp³-hybridized carbons (Fsp3) is 0.600. The van der Waals surface area contributed by atoms with E-state index in [4.69, 9.17) is 16.3 Å². The van der Waals surface area contributed by atoms with Gasteiger partial charge in [-0.3, -0.25) is 4.99 Å². The maximum absolute atomic E-state index is 14.1. The lowest BCUT2D eigenvalue weighted by atomic mass is 10.1. The second kappa shape index (κ2) is 9.45. The van der Waals surface area contributed by atoms with Crippen LogP contribution in [0.15, 0.2) is 23.2 Å². The first-order chi connectivity index (χ1) is 13.5. The van der Waals surface area contributed by atoms with E-state index in [-0.39, 0.29) is 29.9 Å². The molecule has 1 aromatic rings. The Morgan fingerprint density at radius 3 is 2.71 bits per heavy atom. The Morgan fingerprint density at radius 2 is 2.07 bits per heavy atom. The van der Waals surface area contributed by atoms with Crippen LogP contribution in [0.1, 0.15) is 44.6 Å². The number of ether oxygens (including phenoxy) is 1. The molecule has 0 bridgehead atoms. The maximum Gasteiger partial charge on any atom is 0.409 e. The fourth-order valence-electron chi connectivity index (χ4n) is 3.62. The quantitative estimate of drug-likeness (QED) is 0.576. The minimum atomic E-state index is -0.255. The molecule has 1 heterocycles. The number of guanidine groups is 1. The van der Waals surface area contributed by atoms with Crippen molar-refractivity contribution in [2.75, 3.05) is 26.2 Å². The van der Waals surface area contributed by atoms with E-state index in [9.17, 15) is 9.18 Å². The van der Waals surface area contributed by atoms with Gasteiger partial charge in [-0.25, -0.2) is 9.18 Å². The molecule has 2 fully saturated rings. The third-order valence-electron chi connectivity index (χ3n) is 5.16. The van der Waals surface area contributed by atoms with Gasteiger partial charge in [0.05, 0.1) is 6.61 Å². The molecule has 28 heavy (non-hydrogen) atoms. The molecule has 1 amide bonds. The van der Waals surface area contributed by atoms with Gasteiger partial charge in [-0.05, 0) is 45.2 Å². The summed E-state index contributed by atoms with van der Waals surface area (Å²) in [4.78, 5) is 18.1. The molecule has 6 nitrogen and oxygen atoms in total. The van der Waals surface area contributed by atoms with Crippen LogP contribution in [0, 0.1) is 5.82 Å². The van der Waals surface area contributed by atoms with Gasteiger partial charge < -0.3 is 20.3 Å². The van der Waals surface area contributed by atoms with Gasteiger partial charge in [-0.2, -0.15) is 0 Å². The van der Waals surface area contributed by atoms with Crippen LogP contribution >= 0.6 is 11.6 Å². The summed E-state index contributed by atoms with van der Waals surface area (Å²) >= 11 is 6.19. The van der Waals surface area contributed by atoms with Crippen LogP contribution in [0.3, 0.4) is 0 Å². The summed E-state index contributed by atoms with van der Waals surface area (Å²) in [5, 5.41) is 7.33. The number of nitrogens with zero attached hydrogens (tertiary/aromatic N) is 2. The van der Waals surface area contributed by atoms with E-state index in [1.54, 1.807) is 17.0 Å². The van der Waals surface area contributed by atoms with E-state index in [1.165, 1.54) is 6.07 Å². The zero-order valence-corrected chi connectivity index (χ0v) is 17.1. The zero-order valence-electron chi connectivity index (χ0n) is 16.4. The van der Waals surface area contributed by atoms with Gasteiger partial charge in [0.2, 0.25) is 0 Å². The smallest absolute Gasteiger partial charge is 0.409 e. The number of hydrogen-bond donors (Lipinski definition) is 2. The Morgan fingerprint density at radius 1 is 1.32 bits per heavy atom. The molecule has 8 heteroatoms. The molecule has 2 N–H and O–H groups in total. The Balaban J connectivity index is 1.52. The molecule has 2 atom stereocenters. The lowest BCUT2D eigenvalue weighted by molar-refractivity contribution is 0.0963. The first-order valence-corrected chi connectivity index (χ1v) is 10.3. The molecule has 1 aromatic carbocycles. The normalized spacial score (nSPS) is 22.7. The van der Waals surface area contributed by atoms with Crippen LogP contribution in [0.5, 0.6) is 0 Å². The number of aliphatic imine (C=N–C) groups is 1. The summed E-state index contributed by atoms with van der Waals surface area (Å²) in [6.07, 6.45) is 2.24. The van der Waals surface area contributed by atoms with Crippen molar-refractivity contribution in [3.63, 3.8) is 0 Å². The van der Waals surface area contributed by atoms with Crippen LogP contribution in [-0.2, 0) is 4.74 Å². The van der Waals surface area contributed by atoms with Gasteiger partial charge in [-0.15, -0.1) is 0 Å². The summed E-state index contributed by atoms with van der Waals surface area (Å²) in [6.45, 7) is 6.15. The molecule has 2 unspecified atom stereocenters. The highest BCUT2D eigenvalue weighted by Gasteiger charge is 2.42. The van der Waals surface area contributed by atoms with Gasteiger partial charge in [-0.1, -0.05) is 17.7 Å². The van der Waals surface area contributed by atoms with Crippen LogP contribution in [0.2, 0.25) is 5.02 Å². The average Bonchev–Trinajstić information content (AvgIpc) is 3.41. The minimum absolute atomic E-state index is 0.0585. The van der Waals surface area contributed by atoms with E-state index in [0.29, 0.717) is 36.8 Å². The Labute approximate surface area is 170 Å². The van der Waals surface area contributed by atoms with E-state index >= 15 is 0 Å². The zero-order chi connectivity index (χ0) is 20.1. The van der Waals surface area contributed by atoms with Crippen molar-refractivity contribution in [2.45, 2.75) is 51.1 Å². The highest BCUT2D eigenvalue weighted by atomic mass is 35.5. The van der Waals surface area contributed by atoms with Crippen molar-refractivity contribution in [1.29, 1.82) is 0 Å². The number of likely N-dealkylation sites (tertiary alicyclic amines) is 1. The largest absolute Gasteiger partial charge is 0.450 e. The highest BCUT2D eigenvalue weighted by molar-refractivity contribution is 6.31. The molecule has 0 aromatic heterocycles. The molecular weight excluding hydrogens is 383 g/mol. The Hall–Kier alpha value is -2.02. The molecule has 3 rings (SSSR count). The molecule has 154 valence electrons. The van der Waals surface area contributed by atoms with Crippen LogP contribution < -0.4 is 10.6 Å². The van der Waals surface area contributed by atoms with Crippen molar-refractivity contribution < 1.29 is 13.9 Å². The standard InChI is InChI=1S/C20H28ClFN4O2/c1-3-23-19(24-13-8-10-26(11-9-13)20(27)28-4-2)25-17-12-14(17)18-15(21)6-5-7-16(18)22/h5-7,13-14,17H,3-4,8-12H2,1-2H3,(H2,23,24,25). The monoisotopic (exact) mass is 410 g/mol. The number of rotatable bonds is 5. The second-order valence-corrected chi connectivity index (χ2v) is 7.56. The third-order valence-corrected chi connectivity index (χ3v) is 5.49. The topological polar surface area (TPSA) is 66.0 Å². The Kier molecular flexibility index (Phi) is 6.99. The number of benzene rings is 1. The number of carbonyl (C=O) groups excluding carboxylic acids is 1. The van der Waals surface area contributed by atoms with Crippen molar-refractivity contribution in [3.8, 4) is 0 Å². The van der Waals surface area contributed by atoms with Gasteiger partial charge in [0.25, 0.3) is 0 Å². The summed E-state index contributed by atoms with van der Waals surface area (Å²) in [5.74, 6) is 0.537. The number of nitrogens with one attached hydrogen (secondary N) is 2. The predicted molar refractivity (Wildman–Crippen MR) is 108 cm³/mol. The van der Waals surface area contributed by atoms with Gasteiger partial charge in [0.15, 0.2) is 5.96 Å². The van der Waals surface area contributed by atoms with Gasteiger partial charge in [0, 0.05) is 48.2 Å². The van der Waals surface area contributed by atoms with Gasteiger partial charge in [0.1, 0.15) is 5.82 Å². The van der Waals surface area contributed by atoms with E-state index in [1.807, 2.05) is 13.8 Å². The van der Waals surface area contributed by atoms with Crippen LogP contribution in [-0.4, -0.2) is 55.3 Å². The molecule has 1 aliphatic heterocycles. The first-order valence-electron chi connectivity index (χ1n) is 9.96. The highest BCUT2D eigenvalue weighted by Crippen LogP contribution is 2.44. The number of piperidine rings is 1. The summed E-state index contributed by atoms with van der Waals surface area (Å²) in [7, 11) is 0. The van der Waals surface area contributed by atoms with Crippen molar-refractivity contribution in [2.24, 2.45) is 4.99 Å². The second-order valence-electron chi connectivity index (χ2n) is 7.16.